The first-order valence-electron chi connectivity index (χ1n) is 4.95. The van der Waals surface area contributed by atoms with Crippen molar-refractivity contribution in [1.82, 2.24) is 5.32 Å². The molecule has 0 bridgehead atoms. The van der Waals surface area contributed by atoms with Gasteiger partial charge in [0.1, 0.15) is 12.8 Å². The number of nitrogens with two attached hydrogens (primary N) is 1. The summed E-state index contributed by atoms with van der Waals surface area (Å²) in [4.78, 5) is 11.2. The van der Waals surface area contributed by atoms with Crippen LogP contribution in [0.15, 0.2) is 30.3 Å². The fraction of sp³-hybridized carbons (Fsp3) is 0.364. The van der Waals surface area contributed by atoms with Crippen molar-refractivity contribution >= 4 is 6.09 Å². The van der Waals surface area contributed by atoms with E-state index in [1.54, 1.807) is 0 Å². The molecule has 0 radical (unpaired) electrons. The molecule has 0 aromatic heterocycles. The van der Waals surface area contributed by atoms with Crippen LogP contribution in [0.1, 0.15) is 5.56 Å². The predicted octanol–water partition coefficient (Wildman–Crippen LogP) is 0.844. The number of hydrogen-bond donors (Lipinski definition) is 2. The first kappa shape index (κ1) is 12.5. The second kappa shape index (κ2) is 6.81. The molecule has 0 saturated heterocycles. The normalized spacial score (nSPS) is 11.9. The zero-order valence-corrected chi connectivity index (χ0v) is 9.18. The smallest absolute Gasteiger partial charge is 0.407 e. The lowest BCUT2D eigenvalue weighted by Gasteiger charge is -2.11. The molecule has 0 fully saturated rings. The summed E-state index contributed by atoms with van der Waals surface area (Å²) in [5.41, 5.74) is 6.37. The third-order valence-electron chi connectivity index (χ3n) is 1.96. The van der Waals surface area contributed by atoms with E-state index >= 15 is 0 Å². The molecule has 0 saturated carbocycles. The quantitative estimate of drug-likeness (QED) is 0.727. The second-order valence-corrected chi connectivity index (χ2v) is 3.22. The highest BCUT2D eigenvalue weighted by Gasteiger charge is 2.05. The Bertz CT molecular complexity index is 316. The van der Waals surface area contributed by atoms with Crippen molar-refractivity contribution in [3.8, 4) is 0 Å². The van der Waals surface area contributed by atoms with Crippen LogP contribution in [0.3, 0.4) is 0 Å². The number of hydrogen-bond acceptors (Lipinski definition) is 4. The maximum Gasteiger partial charge on any atom is 0.407 e. The average molecular weight is 224 g/mol. The standard InChI is InChI=1S/C11H16N2O3/c1-15-10(12)7-13-11(14)16-8-9-5-3-2-4-6-9/h2-6,10H,7-8,12H2,1H3,(H,13,14). The Morgan fingerprint density at radius 3 is 2.75 bits per heavy atom. The lowest BCUT2D eigenvalue weighted by molar-refractivity contribution is 0.0971. The average Bonchev–Trinajstić information content (AvgIpc) is 2.34. The van der Waals surface area contributed by atoms with Crippen LogP contribution in [-0.2, 0) is 16.1 Å². The Morgan fingerprint density at radius 1 is 1.44 bits per heavy atom. The summed E-state index contributed by atoms with van der Waals surface area (Å²) < 4.78 is 9.73. The number of carbonyl (C=O) groups is 1. The summed E-state index contributed by atoms with van der Waals surface area (Å²) in [6.45, 7) is 0.471. The summed E-state index contributed by atoms with van der Waals surface area (Å²) in [5.74, 6) is 0. The molecule has 0 spiro atoms. The van der Waals surface area contributed by atoms with Gasteiger partial charge in [-0.1, -0.05) is 30.3 Å². The van der Waals surface area contributed by atoms with Gasteiger partial charge >= 0.3 is 6.09 Å². The Hall–Kier alpha value is -1.59. The zero-order chi connectivity index (χ0) is 11.8. The zero-order valence-electron chi connectivity index (χ0n) is 9.18. The summed E-state index contributed by atoms with van der Waals surface area (Å²) in [7, 11) is 1.47. The van der Waals surface area contributed by atoms with Crippen LogP contribution < -0.4 is 11.1 Å². The summed E-state index contributed by atoms with van der Waals surface area (Å²) in [6.07, 6.45) is -1.01. The van der Waals surface area contributed by atoms with Gasteiger partial charge in [-0.2, -0.15) is 0 Å². The van der Waals surface area contributed by atoms with Crippen LogP contribution in [0, 0.1) is 0 Å². The van der Waals surface area contributed by atoms with Gasteiger partial charge in [0.05, 0.1) is 6.54 Å². The van der Waals surface area contributed by atoms with Crippen LogP contribution in [0.2, 0.25) is 0 Å². The van der Waals surface area contributed by atoms with Crippen molar-refractivity contribution in [3.05, 3.63) is 35.9 Å². The lowest BCUT2D eigenvalue weighted by Crippen LogP contribution is -2.38. The molecular formula is C11H16N2O3. The van der Waals surface area contributed by atoms with Gasteiger partial charge in [-0.05, 0) is 5.56 Å². The van der Waals surface area contributed by atoms with Gasteiger partial charge in [0.15, 0.2) is 0 Å². The van der Waals surface area contributed by atoms with E-state index in [1.165, 1.54) is 7.11 Å². The van der Waals surface area contributed by atoms with E-state index in [4.69, 9.17) is 15.2 Å². The Labute approximate surface area is 94.5 Å². The van der Waals surface area contributed by atoms with E-state index < -0.39 is 12.3 Å². The fourth-order valence-electron chi connectivity index (χ4n) is 1.04. The maximum absolute atomic E-state index is 11.2. The minimum absolute atomic E-state index is 0.226. The third-order valence-corrected chi connectivity index (χ3v) is 1.96. The Balaban J connectivity index is 2.20. The molecule has 1 rings (SSSR count). The van der Waals surface area contributed by atoms with Gasteiger partial charge < -0.3 is 20.5 Å². The molecule has 1 atom stereocenters. The molecule has 3 N–H and O–H groups in total. The topological polar surface area (TPSA) is 73.6 Å². The van der Waals surface area contributed by atoms with E-state index in [2.05, 4.69) is 5.32 Å². The highest BCUT2D eigenvalue weighted by molar-refractivity contribution is 5.67. The molecule has 1 unspecified atom stereocenters. The third kappa shape index (κ3) is 4.77. The van der Waals surface area contributed by atoms with Crippen molar-refractivity contribution in [2.75, 3.05) is 13.7 Å². The van der Waals surface area contributed by atoms with Crippen LogP contribution in [0.5, 0.6) is 0 Å². The maximum atomic E-state index is 11.2. The number of carbonyl (C=O) groups excluding carboxylic acids is 1. The van der Waals surface area contributed by atoms with E-state index in [1.807, 2.05) is 30.3 Å². The lowest BCUT2D eigenvalue weighted by atomic mass is 10.2. The van der Waals surface area contributed by atoms with Gasteiger partial charge in [-0.3, -0.25) is 0 Å². The first-order chi connectivity index (χ1) is 7.72. The Kier molecular flexibility index (Phi) is 5.31. The molecular weight excluding hydrogens is 208 g/mol. The predicted molar refractivity (Wildman–Crippen MR) is 59.6 cm³/mol. The molecule has 88 valence electrons. The number of ether oxygens (including phenoxy) is 2. The molecule has 0 aliphatic carbocycles. The molecule has 16 heavy (non-hydrogen) atoms. The SMILES string of the molecule is COC(N)CNC(=O)OCc1ccccc1. The monoisotopic (exact) mass is 224 g/mol. The molecule has 0 heterocycles. The molecule has 5 heteroatoms. The van der Waals surface area contributed by atoms with E-state index in [0.29, 0.717) is 0 Å². The van der Waals surface area contributed by atoms with Gasteiger partial charge in [0.25, 0.3) is 0 Å². The van der Waals surface area contributed by atoms with E-state index in [9.17, 15) is 4.79 Å². The number of methoxy groups -OCH3 is 1. The molecule has 1 amide bonds. The highest BCUT2D eigenvalue weighted by Crippen LogP contribution is 2.00. The van der Waals surface area contributed by atoms with Gasteiger partial charge in [-0.15, -0.1) is 0 Å². The molecule has 1 aromatic rings. The number of rotatable bonds is 5. The van der Waals surface area contributed by atoms with Crippen LogP contribution in [0.4, 0.5) is 4.79 Å². The number of alkyl carbamates (subject to hydrolysis) is 1. The first-order valence-corrected chi connectivity index (χ1v) is 4.95. The van der Waals surface area contributed by atoms with Gasteiger partial charge in [0.2, 0.25) is 0 Å². The molecule has 5 nitrogen and oxygen atoms in total. The number of amides is 1. The van der Waals surface area contributed by atoms with Crippen LogP contribution >= 0.6 is 0 Å². The number of benzene rings is 1. The van der Waals surface area contributed by atoms with Crippen LogP contribution in [0.25, 0.3) is 0 Å². The van der Waals surface area contributed by atoms with Crippen molar-refractivity contribution in [2.24, 2.45) is 5.73 Å². The highest BCUT2D eigenvalue weighted by atomic mass is 16.5. The fourth-order valence-corrected chi connectivity index (χ4v) is 1.04. The van der Waals surface area contributed by atoms with Gasteiger partial charge in [0, 0.05) is 7.11 Å². The minimum atomic E-state index is -0.510. The van der Waals surface area contributed by atoms with Crippen LogP contribution in [-0.4, -0.2) is 26.0 Å². The van der Waals surface area contributed by atoms with Crippen molar-refractivity contribution in [1.29, 1.82) is 0 Å². The van der Waals surface area contributed by atoms with E-state index in [0.717, 1.165) is 5.56 Å². The summed E-state index contributed by atoms with van der Waals surface area (Å²) in [6, 6.07) is 9.44. The Morgan fingerprint density at radius 2 is 2.12 bits per heavy atom. The molecule has 0 aliphatic heterocycles. The second-order valence-electron chi connectivity index (χ2n) is 3.22. The van der Waals surface area contributed by atoms with Crippen molar-refractivity contribution in [2.45, 2.75) is 12.8 Å². The van der Waals surface area contributed by atoms with Gasteiger partial charge in [-0.25, -0.2) is 4.79 Å². The van der Waals surface area contributed by atoms with Crippen molar-refractivity contribution < 1.29 is 14.3 Å². The van der Waals surface area contributed by atoms with Crippen molar-refractivity contribution in [3.63, 3.8) is 0 Å². The summed E-state index contributed by atoms with van der Waals surface area (Å²) >= 11 is 0. The van der Waals surface area contributed by atoms with E-state index in [-0.39, 0.29) is 13.2 Å². The summed E-state index contributed by atoms with van der Waals surface area (Å²) in [5, 5.41) is 2.49. The molecule has 0 aliphatic rings. The molecule has 1 aromatic carbocycles. The number of nitrogens with one attached hydrogen (secondary N) is 1. The minimum Gasteiger partial charge on any atom is -0.445 e. The largest absolute Gasteiger partial charge is 0.445 e.